The van der Waals surface area contributed by atoms with Crippen molar-refractivity contribution in [2.45, 2.75) is 20.3 Å². The van der Waals surface area contributed by atoms with E-state index in [4.69, 9.17) is 4.74 Å². The zero-order chi connectivity index (χ0) is 10.1. The van der Waals surface area contributed by atoms with E-state index in [1.54, 1.807) is 0 Å². The molecule has 1 unspecified atom stereocenters. The van der Waals surface area contributed by atoms with E-state index in [-0.39, 0.29) is 0 Å². The molecule has 0 aromatic heterocycles. The van der Waals surface area contributed by atoms with Gasteiger partial charge in [0.15, 0.2) is 0 Å². The summed E-state index contributed by atoms with van der Waals surface area (Å²) >= 11 is 0. The summed E-state index contributed by atoms with van der Waals surface area (Å²) in [4.78, 5) is 11.1. The molecular weight excluding hydrogens is 168 g/mol. The number of hydrogen-bond donors (Lipinski definition) is 0. The first kappa shape index (κ1) is 10.1. The molecule has 0 radical (unpaired) electrons. The standard InChI is InChI=1S/C10H16O3/c1-10(2)6-7(10)5-8(12-3)9(11)13-4/h5,7H,6H2,1-4H3/b8-5-. The largest absolute Gasteiger partial charge is 0.490 e. The minimum atomic E-state index is -0.398. The number of esters is 1. The maximum absolute atomic E-state index is 11.1. The highest BCUT2D eigenvalue weighted by molar-refractivity contribution is 5.86. The molecule has 0 spiro atoms. The summed E-state index contributed by atoms with van der Waals surface area (Å²) in [5.41, 5.74) is 0.317. The Kier molecular flexibility index (Phi) is 2.64. The van der Waals surface area contributed by atoms with E-state index in [0.29, 0.717) is 17.1 Å². The average molecular weight is 184 g/mol. The minimum Gasteiger partial charge on any atom is -0.490 e. The van der Waals surface area contributed by atoms with E-state index in [1.807, 2.05) is 6.08 Å². The molecule has 0 N–H and O–H groups in total. The number of allylic oxidation sites excluding steroid dienone is 1. The van der Waals surface area contributed by atoms with Crippen LogP contribution in [-0.4, -0.2) is 20.2 Å². The maximum Gasteiger partial charge on any atom is 0.372 e. The van der Waals surface area contributed by atoms with Gasteiger partial charge in [0.25, 0.3) is 0 Å². The number of carbonyl (C=O) groups excluding carboxylic acids is 1. The molecule has 0 aliphatic heterocycles. The van der Waals surface area contributed by atoms with Crippen molar-refractivity contribution >= 4 is 5.97 Å². The summed E-state index contributed by atoms with van der Waals surface area (Å²) in [6, 6.07) is 0. The van der Waals surface area contributed by atoms with E-state index in [0.717, 1.165) is 6.42 Å². The Morgan fingerprint density at radius 3 is 2.23 bits per heavy atom. The monoisotopic (exact) mass is 184 g/mol. The van der Waals surface area contributed by atoms with Crippen LogP contribution in [0.1, 0.15) is 20.3 Å². The summed E-state index contributed by atoms with van der Waals surface area (Å²) in [5, 5.41) is 0. The molecule has 3 heteroatoms. The van der Waals surface area contributed by atoms with Gasteiger partial charge in [-0.1, -0.05) is 13.8 Å². The fourth-order valence-electron chi connectivity index (χ4n) is 1.30. The molecule has 1 rings (SSSR count). The highest BCUT2D eigenvalue weighted by Gasteiger charge is 2.44. The fraction of sp³-hybridized carbons (Fsp3) is 0.700. The van der Waals surface area contributed by atoms with Gasteiger partial charge < -0.3 is 9.47 Å². The lowest BCUT2D eigenvalue weighted by atomic mass is 10.1. The molecule has 0 aromatic carbocycles. The molecule has 1 atom stereocenters. The second kappa shape index (κ2) is 3.40. The topological polar surface area (TPSA) is 35.5 Å². The van der Waals surface area contributed by atoms with Crippen LogP contribution in [0.15, 0.2) is 11.8 Å². The zero-order valence-electron chi connectivity index (χ0n) is 8.59. The van der Waals surface area contributed by atoms with Crippen molar-refractivity contribution in [3.05, 3.63) is 11.8 Å². The second-order valence-corrected chi connectivity index (χ2v) is 4.03. The number of methoxy groups -OCH3 is 2. The molecule has 0 amide bonds. The van der Waals surface area contributed by atoms with Crippen LogP contribution in [0.5, 0.6) is 0 Å². The quantitative estimate of drug-likeness (QED) is 0.380. The number of ether oxygens (including phenoxy) is 2. The van der Waals surface area contributed by atoms with Gasteiger partial charge in [-0.15, -0.1) is 0 Å². The Bertz CT molecular complexity index is 241. The molecule has 0 heterocycles. The second-order valence-electron chi connectivity index (χ2n) is 4.03. The van der Waals surface area contributed by atoms with E-state index in [1.165, 1.54) is 14.2 Å². The maximum atomic E-state index is 11.1. The van der Waals surface area contributed by atoms with Crippen LogP contribution in [0.2, 0.25) is 0 Å². The molecule has 1 saturated carbocycles. The zero-order valence-corrected chi connectivity index (χ0v) is 8.59. The lowest BCUT2D eigenvalue weighted by molar-refractivity contribution is -0.139. The molecular formula is C10H16O3. The summed E-state index contributed by atoms with van der Waals surface area (Å²) < 4.78 is 9.50. The van der Waals surface area contributed by atoms with Gasteiger partial charge in [-0.25, -0.2) is 4.79 Å². The molecule has 74 valence electrons. The van der Waals surface area contributed by atoms with Gasteiger partial charge in [0.05, 0.1) is 14.2 Å². The van der Waals surface area contributed by atoms with Crippen molar-refractivity contribution in [1.82, 2.24) is 0 Å². The molecule has 1 aliphatic rings. The van der Waals surface area contributed by atoms with Crippen molar-refractivity contribution in [3.8, 4) is 0 Å². The van der Waals surface area contributed by atoms with Crippen molar-refractivity contribution in [2.75, 3.05) is 14.2 Å². The fourth-order valence-corrected chi connectivity index (χ4v) is 1.30. The van der Waals surface area contributed by atoms with E-state index in [9.17, 15) is 4.79 Å². The number of carbonyl (C=O) groups is 1. The normalized spacial score (nSPS) is 25.2. The van der Waals surface area contributed by atoms with Crippen molar-refractivity contribution in [1.29, 1.82) is 0 Å². The lowest BCUT2D eigenvalue weighted by Gasteiger charge is -2.04. The Hall–Kier alpha value is -0.990. The van der Waals surface area contributed by atoms with Crippen LogP contribution in [0, 0.1) is 11.3 Å². The Balaban J connectivity index is 2.62. The third-order valence-electron chi connectivity index (χ3n) is 2.55. The van der Waals surface area contributed by atoms with Crippen molar-refractivity contribution in [2.24, 2.45) is 11.3 Å². The highest BCUT2D eigenvalue weighted by Crippen LogP contribution is 2.52. The molecule has 0 aromatic rings. The first-order chi connectivity index (χ1) is 6.01. The van der Waals surface area contributed by atoms with Crippen LogP contribution >= 0.6 is 0 Å². The van der Waals surface area contributed by atoms with Gasteiger partial charge in [-0.2, -0.15) is 0 Å². The molecule has 13 heavy (non-hydrogen) atoms. The van der Waals surface area contributed by atoms with E-state index < -0.39 is 5.97 Å². The Morgan fingerprint density at radius 2 is 1.92 bits per heavy atom. The van der Waals surface area contributed by atoms with Gasteiger partial charge >= 0.3 is 5.97 Å². The van der Waals surface area contributed by atoms with Crippen LogP contribution in [0.4, 0.5) is 0 Å². The van der Waals surface area contributed by atoms with Crippen molar-refractivity contribution in [3.63, 3.8) is 0 Å². The smallest absolute Gasteiger partial charge is 0.372 e. The summed E-state index contributed by atoms with van der Waals surface area (Å²) in [5.74, 6) is 0.366. The van der Waals surface area contributed by atoms with Crippen LogP contribution in [0.3, 0.4) is 0 Å². The third kappa shape index (κ3) is 2.23. The molecule has 1 aliphatic carbocycles. The summed E-state index contributed by atoms with van der Waals surface area (Å²) in [7, 11) is 2.84. The van der Waals surface area contributed by atoms with Crippen molar-refractivity contribution < 1.29 is 14.3 Å². The highest BCUT2D eigenvalue weighted by atomic mass is 16.6. The SMILES string of the molecule is COC(=O)/C(=C/C1CC1(C)C)OC. The summed E-state index contributed by atoms with van der Waals surface area (Å²) in [6.07, 6.45) is 2.96. The number of hydrogen-bond acceptors (Lipinski definition) is 3. The first-order valence-corrected chi connectivity index (χ1v) is 4.35. The van der Waals surface area contributed by atoms with Gasteiger partial charge in [-0.3, -0.25) is 0 Å². The van der Waals surface area contributed by atoms with Gasteiger partial charge in [0, 0.05) is 0 Å². The third-order valence-corrected chi connectivity index (χ3v) is 2.55. The minimum absolute atomic E-state index is 0.317. The molecule has 0 saturated heterocycles. The number of rotatable bonds is 3. The lowest BCUT2D eigenvalue weighted by Crippen LogP contribution is -2.07. The Labute approximate surface area is 78.7 Å². The van der Waals surface area contributed by atoms with Crippen LogP contribution in [-0.2, 0) is 14.3 Å². The summed E-state index contributed by atoms with van der Waals surface area (Å²) in [6.45, 7) is 4.33. The predicted octanol–water partition coefficient (Wildman–Crippen LogP) is 1.74. The van der Waals surface area contributed by atoms with Gasteiger partial charge in [0.2, 0.25) is 5.76 Å². The van der Waals surface area contributed by atoms with E-state index in [2.05, 4.69) is 18.6 Å². The predicted molar refractivity (Wildman–Crippen MR) is 49.0 cm³/mol. The molecule has 1 fully saturated rings. The van der Waals surface area contributed by atoms with Gasteiger partial charge in [0.1, 0.15) is 0 Å². The van der Waals surface area contributed by atoms with Gasteiger partial charge in [-0.05, 0) is 23.8 Å². The average Bonchev–Trinajstić information content (AvgIpc) is 2.68. The van der Waals surface area contributed by atoms with E-state index >= 15 is 0 Å². The Morgan fingerprint density at radius 1 is 1.38 bits per heavy atom. The molecule has 3 nitrogen and oxygen atoms in total. The van der Waals surface area contributed by atoms with Crippen LogP contribution in [0.25, 0.3) is 0 Å². The molecule has 0 bridgehead atoms. The van der Waals surface area contributed by atoms with Crippen LogP contribution < -0.4 is 0 Å². The first-order valence-electron chi connectivity index (χ1n) is 4.35.